The highest BCUT2D eigenvalue weighted by Crippen LogP contribution is 2.21. The minimum Gasteiger partial charge on any atom is -0.506 e. The Bertz CT molecular complexity index is 322. The molecule has 1 aromatic heterocycles. The summed E-state index contributed by atoms with van der Waals surface area (Å²) >= 11 is 0. The molecule has 0 amide bonds. The number of aromatic nitrogens is 1. The molecule has 2 heterocycles. The zero-order chi connectivity index (χ0) is 9.97. The molecule has 0 bridgehead atoms. The highest BCUT2D eigenvalue weighted by atomic mass is 16.5. The first kappa shape index (κ1) is 9.27. The second kappa shape index (κ2) is 3.84. The van der Waals surface area contributed by atoms with Gasteiger partial charge in [-0.25, -0.2) is 4.98 Å². The fourth-order valence-corrected chi connectivity index (χ4v) is 1.66. The van der Waals surface area contributed by atoms with Crippen molar-refractivity contribution in [2.24, 2.45) is 0 Å². The predicted octanol–water partition coefficient (Wildman–Crippen LogP) is 0.932. The molecular weight excluding hydrogens is 180 g/mol. The third kappa shape index (κ3) is 1.80. The molecule has 0 spiro atoms. The van der Waals surface area contributed by atoms with Gasteiger partial charge in [0.15, 0.2) is 0 Å². The molecule has 1 aliphatic rings. The van der Waals surface area contributed by atoms with Gasteiger partial charge in [0.25, 0.3) is 0 Å². The number of morpholine rings is 1. The number of pyridine rings is 1. The van der Waals surface area contributed by atoms with Gasteiger partial charge in [-0.1, -0.05) is 0 Å². The Hall–Kier alpha value is -1.29. The lowest BCUT2D eigenvalue weighted by molar-refractivity contribution is 0.122. The van der Waals surface area contributed by atoms with Crippen LogP contribution in [0.3, 0.4) is 0 Å². The number of anilines is 1. The van der Waals surface area contributed by atoms with Gasteiger partial charge >= 0.3 is 0 Å². The average Bonchev–Trinajstić information content (AvgIpc) is 2.19. The molecule has 0 aliphatic carbocycles. The summed E-state index contributed by atoms with van der Waals surface area (Å²) in [6.07, 6.45) is 1.48. The van der Waals surface area contributed by atoms with Crippen molar-refractivity contribution in [3.05, 3.63) is 17.8 Å². The molecule has 76 valence electrons. The van der Waals surface area contributed by atoms with Gasteiger partial charge in [-0.3, -0.25) is 0 Å². The third-order valence-electron chi connectivity index (χ3n) is 2.35. The zero-order valence-electron chi connectivity index (χ0n) is 8.23. The van der Waals surface area contributed by atoms with E-state index in [0.29, 0.717) is 0 Å². The van der Waals surface area contributed by atoms with Crippen LogP contribution in [0.4, 0.5) is 5.82 Å². The highest BCUT2D eigenvalue weighted by Gasteiger charge is 2.14. The number of nitrogens with zero attached hydrogens (tertiary/aromatic N) is 2. The van der Waals surface area contributed by atoms with E-state index < -0.39 is 0 Å². The molecule has 0 radical (unpaired) electrons. The summed E-state index contributed by atoms with van der Waals surface area (Å²) in [5, 5.41) is 9.23. The van der Waals surface area contributed by atoms with E-state index in [1.165, 1.54) is 6.20 Å². The van der Waals surface area contributed by atoms with E-state index in [9.17, 15) is 5.11 Å². The monoisotopic (exact) mass is 194 g/mol. The van der Waals surface area contributed by atoms with E-state index in [1.54, 1.807) is 6.07 Å². The maximum Gasteiger partial charge on any atom is 0.134 e. The van der Waals surface area contributed by atoms with Crippen LogP contribution in [0.5, 0.6) is 5.75 Å². The summed E-state index contributed by atoms with van der Waals surface area (Å²) in [4.78, 5) is 6.40. The molecule has 1 N–H and O–H groups in total. The Morgan fingerprint density at radius 3 is 2.79 bits per heavy atom. The topological polar surface area (TPSA) is 45.6 Å². The molecule has 1 saturated heterocycles. The van der Waals surface area contributed by atoms with Crippen molar-refractivity contribution >= 4 is 5.82 Å². The summed E-state index contributed by atoms with van der Waals surface area (Å²) in [7, 11) is 0. The number of hydrogen-bond donors (Lipinski definition) is 1. The van der Waals surface area contributed by atoms with Crippen molar-refractivity contribution < 1.29 is 9.84 Å². The molecule has 0 atom stereocenters. The average molecular weight is 194 g/mol. The van der Waals surface area contributed by atoms with Gasteiger partial charge in [0.05, 0.1) is 19.4 Å². The summed E-state index contributed by atoms with van der Waals surface area (Å²) in [5.74, 6) is 1.17. The number of aromatic hydroxyl groups is 1. The van der Waals surface area contributed by atoms with E-state index in [0.717, 1.165) is 37.7 Å². The fraction of sp³-hybridized carbons (Fsp3) is 0.500. The Kier molecular flexibility index (Phi) is 2.54. The van der Waals surface area contributed by atoms with E-state index in [2.05, 4.69) is 9.88 Å². The maximum atomic E-state index is 9.23. The van der Waals surface area contributed by atoms with Crippen LogP contribution in [0, 0.1) is 6.92 Å². The molecule has 0 unspecified atom stereocenters. The van der Waals surface area contributed by atoms with Crippen molar-refractivity contribution in [1.82, 2.24) is 4.98 Å². The minimum absolute atomic E-state index is 0.222. The first-order valence-corrected chi connectivity index (χ1v) is 4.75. The largest absolute Gasteiger partial charge is 0.506 e. The van der Waals surface area contributed by atoms with Gasteiger partial charge < -0.3 is 14.7 Å². The molecule has 0 aromatic carbocycles. The predicted molar refractivity (Wildman–Crippen MR) is 53.7 cm³/mol. The fourth-order valence-electron chi connectivity index (χ4n) is 1.66. The summed E-state index contributed by atoms with van der Waals surface area (Å²) < 4.78 is 5.27. The van der Waals surface area contributed by atoms with Crippen LogP contribution in [-0.4, -0.2) is 36.4 Å². The van der Waals surface area contributed by atoms with Crippen LogP contribution in [0.1, 0.15) is 5.56 Å². The molecule has 1 aromatic rings. The number of ether oxygens (including phenoxy) is 1. The first-order valence-electron chi connectivity index (χ1n) is 4.75. The molecule has 4 heteroatoms. The second-order valence-corrected chi connectivity index (χ2v) is 3.43. The van der Waals surface area contributed by atoms with Crippen LogP contribution in [0.2, 0.25) is 0 Å². The van der Waals surface area contributed by atoms with Crippen LogP contribution in [-0.2, 0) is 4.74 Å². The van der Waals surface area contributed by atoms with E-state index in [-0.39, 0.29) is 5.75 Å². The maximum absolute atomic E-state index is 9.23. The lowest BCUT2D eigenvalue weighted by Gasteiger charge is -2.28. The van der Waals surface area contributed by atoms with Crippen molar-refractivity contribution in [3.8, 4) is 5.75 Å². The van der Waals surface area contributed by atoms with E-state index in [1.807, 2.05) is 6.92 Å². The Labute approximate surface area is 83.1 Å². The van der Waals surface area contributed by atoms with Gasteiger partial charge in [-0.2, -0.15) is 0 Å². The van der Waals surface area contributed by atoms with Crippen LogP contribution in [0.15, 0.2) is 12.3 Å². The van der Waals surface area contributed by atoms with Crippen LogP contribution in [0.25, 0.3) is 0 Å². The minimum atomic E-state index is 0.222. The van der Waals surface area contributed by atoms with E-state index in [4.69, 9.17) is 4.74 Å². The Morgan fingerprint density at radius 1 is 1.43 bits per heavy atom. The number of aryl methyl sites for hydroxylation is 1. The van der Waals surface area contributed by atoms with Gasteiger partial charge in [0, 0.05) is 13.1 Å². The lowest BCUT2D eigenvalue weighted by Crippen LogP contribution is -2.37. The van der Waals surface area contributed by atoms with Gasteiger partial charge in [0.1, 0.15) is 11.6 Å². The lowest BCUT2D eigenvalue weighted by atomic mass is 10.2. The van der Waals surface area contributed by atoms with Gasteiger partial charge in [-0.15, -0.1) is 0 Å². The molecule has 2 rings (SSSR count). The first-order chi connectivity index (χ1) is 6.77. The molecule has 0 saturated carbocycles. The summed E-state index contributed by atoms with van der Waals surface area (Å²) in [6.45, 7) is 5.21. The van der Waals surface area contributed by atoms with Crippen molar-refractivity contribution in [2.75, 3.05) is 31.2 Å². The third-order valence-corrected chi connectivity index (χ3v) is 2.35. The Morgan fingerprint density at radius 2 is 2.14 bits per heavy atom. The van der Waals surface area contributed by atoms with Crippen molar-refractivity contribution in [2.45, 2.75) is 6.92 Å². The normalized spacial score (nSPS) is 17.1. The molecule has 14 heavy (non-hydrogen) atoms. The smallest absolute Gasteiger partial charge is 0.134 e. The molecule has 1 aliphatic heterocycles. The molecule has 1 fully saturated rings. The van der Waals surface area contributed by atoms with E-state index >= 15 is 0 Å². The number of rotatable bonds is 1. The Balaban J connectivity index is 2.22. The molecular formula is C10H14N2O2. The second-order valence-electron chi connectivity index (χ2n) is 3.43. The summed E-state index contributed by atoms with van der Waals surface area (Å²) in [5.41, 5.74) is 1.01. The standard InChI is InChI=1S/C10H14N2O2/c1-8-6-9(13)7-11-10(8)12-2-4-14-5-3-12/h6-7,13H,2-5H2,1H3. The highest BCUT2D eigenvalue weighted by molar-refractivity contribution is 5.48. The zero-order valence-corrected chi connectivity index (χ0v) is 8.23. The number of hydrogen-bond acceptors (Lipinski definition) is 4. The quantitative estimate of drug-likeness (QED) is 0.722. The van der Waals surface area contributed by atoms with Gasteiger partial charge in [0.2, 0.25) is 0 Å². The van der Waals surface area contributed by atoms with Crippen molar-refractivity contribution in [1.29, 1.82) is 0 Å². The van der Waals surface area contributed by atoms with Gasteiger partial charge in [-0.05, 0) is 18.6 Å². The SMILES string of the molecule is Cc1cc(O)cnc1N1CCOCC1. The molecule has 4 nitrogen and oxygen atoms in total. The van der Waals surface area contributed by atoms with Crippen LogP contribution < -0.4 is 4.90 Å². The van der Waals surface area contributed by atoms with Crippen molar-refractivity contribution in [3.63, 3.8) is 0 Å². The van der Waals surface area contributed by atoms with Crippen LogP contribution >= 0.6 is 0 Å². The summed E-state index contributed by atoms with van der Waals surface area (Å²) in [6, 6.07) is 1.73.